The number of ether oxygens (including phenoxy) is 2. The molecule has 0 N–H and O–H groups in total. The van der Waals surface area contributed by atoms with Gasteiger partial charge in [-0.15, -0.1) is 11.8 Å². The third kappa shape index (κ3) is 5.02. The van der Waals surface area contributed by atoms with Crippen LogP contribution in [0.2, 0.25) is 5.02 Å². The average Bonchev–Trinajstić information content (AvgIpc) is 3.28. The van der Waals surface area contributed by atoms with Gasteiger partial charge in [0.15, 0.2) is 11.5 Å². The predicted octanol–water partition coefficient (Wildman–Crippen LogP) is 7.44. The summed E-state index contributed by atoms with van der Waals surface area (Å²) in [7, 11) is 3.19. The van der Waals surface area contributed by atoms with Crippen molar-refractivity contribution in [3.05, 3.63) is 101 Å². The number of nitrogens with zero attached hydrogens (tertiary/aromatic N) is 2. The molecule has 8 heteroatoms. The van der Waals surface area contributed by atoms with Crippen LogP contribution in [0.5, 0.6) is 11.5 Å². The van der Waals surface area contributed by atoms with E-state index in [2.05, 4.69) is 18.8 Å². The molecule has 4 nitrogen and oxygen atoms in total. The molecule has 0 fully saturated rings. The Bertz CT molecular complexity index is 1320. The molecule has 182 valence electrons. The first-order chi connectivity index (χ1) is 16.8. The van der Waals surface area contributed by atoms with Crippen LogP contribution in [0.15, 0.2) is 71.8 Å². The molecule has 4 aromatic rings. The van der Waals surface area contributed by atoms with Crippen LogP contribution in [-0.4, -0.2) is 23.8 Å². The molecule has 0 aliphatic rings. The quantitative estimate of drug-likeness (QED) is 0.229. The van der Waals surface area contributed by atoms with E-state index < -0.39 is 5.41 Å². The lowest BCUT2D eigenvalue weighted by molar-refractivity contribution is 0.353. The van der Waals surface area contributed by atoms with Crippen molar-refractivity contribution in [2.45, 2.75) is 29.9 Å². The van der Waals surface area contributed by atoms with Gasteiger partial charge in [0.2, 0.25) is 0 Å². The molecule has 0 saturated carbocycles. The molecule has 35 heavy (non-hydrogen) atoms. The smallest absolute Gasteiger partial charge is 0.161 e. The Morgan fingerprint density at radius 2 is 1.69 bits per heavy atom. The Hall–Kier alpha value is -3.03. The van der Waals surface area contributed by atoms with Crippen LogP contribution in [-0.2, 0) is 11.2 Å². The van der Waals surface area contributed by atoms with Gasteiger partial charge in [-0.3, -0.25) is 4.57 Å². The number of thioether (sulfide) groups is 1. The van der Waals surface area contributed by atoms with Gasteiger partial charge in [0.25, 0.3) is 0 Å². The van der Waals surface area contributed by atoms with Crippen LogP contribution < -0.4 is 9.47 Å². The minimum atomic E-state index is -0.514. The van der Waals surface area contributed by atoms with Gasteiger partial charge < -0.3 is 9.47 Å². The molecule has 0 amide bonds. The lowest BCUT2D eigenvalue weighted by Crippen LogP contribution is -2.23. The first-order valence-electron chi connectivity index (χ1n) is 10.9. The Balaban J connectivity index is 1.80. The predicted molar refractivity (Wildman–Crippen MR) is 136 cm³/mol. The number of rotatable bonds is 8. The van der Waals surface area contributed by atoms with Crippen LogP contribution in [0.1, 0.15) is 30.9 Å². The molecule has 3 aromatic carbocycles. The van der Waals surface area contributed by atoms with E-state index in [4.69, 9.17) is 21.1 Å². The highest BCUT2D eigenvalue weighted by Crippen LogP contribution is 2.39. The number of aromatic nitrogens is 2. The van der Waals surface area contributed by atoms with Crippen molar-refractivity contribution in [3.63, 3.8) is 0 Å². The summed E-state index contributed by atoms with van der Waals surface area (Å²) in [5.74, 6) is 1.59. The summed E-state index contributed by atoms with van der Waals surface area (Å²) in [6.07, 6.45) is 1.80. The number of methoxy groups -OCH3 is 2. The SMILES string of the molecule is COc1ccc(C(C)(C)c2cnc(CSc3c(F)cccc3Cl)n2-c2ccc(F)cc2)cc1OC. The minimum Gasteiger partial charge on any atom is -0.493 e. The Morgan fingerprint density at radius 3 is 2.34 bits per heavy atom. The van der Waals surface area contributed by atoms with E-state index in [0.29, 0.717) is 33.0 Å². The topological polar surface area (TPSA) is 36.3 Å². The summed E-state index contributed by atoms with van der Waals surface area (Å²) in [5.41, 5.74) is 2.10. The van der Waals surface area contributed by atoms with Crippen molar-refractivity contribution in [2.75, 3.05) is 14.2 Å². The van der Waals surface area contributed by atoms with Crippen molar-refractivity contribution in [1.29, 1.82) is 0 Å². The van der Waals surface area contributed by atoms with Crippen LogP contribution in [0.25, 0.3) is 5.69 Å². The van der Waals surface area contributed by atoms with Gasteiger partial charge in [0.05, 0.1) is 35.6 Å². The number of halogens is 3. The van der Waals surface area contributed by atoms with E-state index in [1.807, 2.05) is 22.8 Å². The van der Waals surface area contributed by atoms with E-state index in [1.165, 1.54) is 30.0 Å². The summed E-state index contributed by atoms with van der Waals surface area (Å²) in [4.78, 5) is 5.05. The van der Waals surface area contributed by atoms with E-state index in [9.17, 15) is 8.78 Å². The third-order valence-electron chi connectivity index (χ3n) is 5.93. The Labute approximate surface area is 212 Å². The van der Waals surface area contributed by atoms with Gasteiger partial charge >= 0.3 is 0 Å². The van der Waals surface area contributed by atoms with E-state index in [-0.39, 0.29) is 11.6 Å². The summed E-state index contributed by atoms with van der Waals surface area (Å²) in [6, 6.07) is 16.6. The van der Waals surface area contributed by atoms with Gasteiger partial charge in [0.1, 0.15) is 17.5 Å². The van der Waals surface area contributed by atoms with E-state index in [0.717, 1.165) is 16.9 Å². The number of hydrogen-bond donors (Lipinski definition) is 0. The zero-order chi connectivity index (χ0) is 25.2. The second-order valence-corrected chi connectivity index (χ2v) is 9.80. The van der Waals surface area contributed by atoms with Crippen LogP contribution in [0.3, 0.4) is 0 Å². The Morgan fingerprint density at radius 1 is 0.971 bits per heavy atom. The fourth-order valence-electron chi connectivity index (χ4n) is 3.94. The first kappa shape index (κ1) is 25.1. The number of imidazole rings is 1. The maximum atomic E-state index is 14.4. The zero-order valence-corrected chi connectivity index (χ0v) is 21.4. The molecule has 0 saturated heterocycles. The fraction of sp³-hybridized carbons (Fsp3) is 0.222. The fourth-order valence-corrected chi connectivity index (χ4v) is 5.16. The average molecular weight is 515 g/mol. The Kier molecular flexibility index (Phi) is 7.38. The van der Waals surface area contributed by atoms with E-state index in [1.54, 1.807) is 44.7 Å². The van der Waals surface area contributed by atoms with Crippen molar-refractivity contribution >= 4 is 23.4 Å². The molecule has 0 bridgehead atoms. The van der Waals surface area contributed by atoms with Gasteiger partial charge in [-0.25, -0.2) is 13.8 Å². The summed E-state index contributed by atoms with van der Waals surface area (Å²) >= 11 is 7.50. The van der Waals surface area contributed by atoms with Crippen molar-refractivity contribution in [2.24, 2.45) is 0 Å². The normalized spacial score (nSPS) is 11.5. The lowest BCUT2D eigenvalue weighted by atomic mass is 9.81. The third-order valence-corrected chi connectivity index (χ3v) is 7.46. The van der Waals surface area contributed by atoms with Gasteiger partial charge in [-0.2, -0.15) is 0 Å². The highest BCUT2D eigenvalue weighted by Gasteiger charge is 2.30. The second-order valence-electron chi connectivity index (χ2n) is 8.41. The molecule has 1 heterocycles. The lowest BCUT2D eigenvalue weighted by Gasteiger charge is -2.28. The summed E-state index contributed by atoms with van der Waals surface area (Å²) in [6.45, 7) is 4.16. The molecule has 0 aliphatic carbocycles. The molecular formula is C27H25ClF2N2O2S. The van der Waals surface area contributed by atoms with E-state index >= 15 is 0 Å². The molecule has 0 spiro atoms. The van der Waals surface area contributed by atoms with Crippen LogP contribution in [0.4, 0.5) is 8.78 Å². The summed E-state index contributed by atoms with van der Waals surface area (Å²) < 4.78 is 41.0. The highest BCUT2D eigenvalue weighted by atomic mass is 35.5. The molecule has 4 rings (SSSR count). The number of hydrogen-bond acceptors (Lipinski definition) is 4. The van der Waals surface area contributed by atoms with Crippen molar-refractivity contribution < 1.29 is 18.3 Å². The number of benzene rings is 3. The van der Waals surface area contributed by atoms with Crippen molar-refractivity contribution in [3.8, 4) is 17.2 Å². The van der Waals surface area contributed by atoms with Crippen molar-refractivity contribution in [1.82, 2.24) is 9.55 Å². The monoisotopic (exact) mass is 514 g/mol. The molecule has 0 unspecified atom stereocenters. The molecule has 1 aromatic heterocycles. The van der Waals surface area contributed by atoms with Crippen LogP contribution in [0, 0.1) is 11.6 Å². The maximum Gasteiger partial charge on any atom is 0.161 e. The minimum absolute atomic E-state index is 0.330. The maximum absolute atomic E-state index is 14.4. The van der Waals surface area contributed by atoms with Gasteiger partial charge in [0, 0.05) is 17.3 Å². The van der Waals surface area contributed by atoms with Crippen LogP contribution >= 0.6 is 23.4 Å². The standard InChI is InChI=1S/C27H25ClF2N2O2S/c1-27(2,17-8-13-22(33-3)23(14-17)34-4)24-15-31-25(32(24)19-11-9-18(29)10-12-19)16-35-26-20(28)6-5-7-21(26)30/h5-15H,16H2,1-4H3. The molecule has 0 radical (unpaired) electrons. The molecule has 0 atom stereocenters. The summed E-state index contributed by atoms with van der Waals surface area (Å²) in [5, 5.41) is 0.348. The second kappa shape index (κ2) is 10.3. The van der Waals surface area contributed by atoms with Gasteiger partial charge in [-0.1, -0.05) is 37.6 Å². The van der Waals surface area contributed by atoms with Gasteiger partial charge in [-0.05, 0) is 54.1 Å². The molecule has 0 aliphatic heterocycles. The largest absolute Gasteiger partial charge is 0.493 e. The zero-order valence-electron chi connectivity index (χ0n) is 19.8. The first-order valence-corrected chi connectivity index (χ1v) is 12.2. The molecular weight excluding hydrogens is 490 g/mol. The highest BCUT2D eigenvalue weighted by molar-refractivity contribution is 7.98.